The van der Waals surface area contributed by atoms with Crippen LogP contribution in [0.3, 0.4) is 0 Å². The monoisotopic (exact) mass is 630 g/mol. The Morgan fingerprint density at radius 2 is 1.16 bits per heavy atom. The van der Waals surface area contributed by atoms with Gasteiger partial charge in [0.15, 0.2) is 6.29 Å². The minimum Gasteiger partial charge on any atom is -0.394 e. The largest absolute Gasteiger partial charge is 0.394 e. The van der Waals surface area contributed by atoms with Gasteiger partial charge in [-0.3, -0.25) is 0 Å². The van der Waals surface area contributed by atoms with Crippen LogP contribution in [0, 0.1) is 11.8 Å². The number of aliphatic hydroxyl groups excluding tert-OH is 9. The van der Waals surface area contributed by atoms with Crippen LogP contribution in [0.5, 0.6) is 0 Å². The van der Waals surface area contributed by atoms with Crippen molar-refractivity contribution in [2.45, 2.75) is 106 Å². The van der Waals surface area contributed by atoms with E-state index in [1.165, 1.54) is 14.0 Å². The molecule has 0 amide bonds. The fourth-order valence-electron chi connectivity index (χ4n) is 5.75. The molecule has 3 fully saturated rings. The van der Waals surface area contributed by atoms with Gasteiger partial charge in [-0.1, -0.05) is 6.92 Å². The van der Waals surface area contributed by atoms with Gasteiger partial charge in [-0.25, -0.2) is 0 Å². The Hall–Kier alpha value is -0.640. The maximum Gasteiger partial charge on any atom is 0.186 e. The number of hydrogen-bond donors (Lipinski definition) is 9. The van der Waals surface area contributed by atoms with Crippen molar-refractivity contribution >= 4 is 0 Å². The van der Waals surface area contributed by atoms with Gasteiger partial charge in [0.25, 0.3) is 0 Å². The maximum absolute atomic E-state index is 10.8. The molecule has 16 atom stereocenters. The molecule has 43 heavy (non-hydrogen) atoms. The van der Waals surface area contributed by atoms with Crippen molar-refractivity contribution in [1.82, 2.24) is 0 Å². The first kappa shape index (κ1) is 36.8. The minimum atomic E-state index is -1.61. The molecule has 3 aliphatic heterocycles. The third-order valence-corrected chi connectivity index (χ3v) is 8.30. The molecule has 3 aliphatic rings. The summed E-state index contributed by atoms with van der Waals surface area (Å²) in [7, 11) is 1.42. The molecule has 16 nitrogen and oxygen atoms in total. The van der Waals surface area contributed by atoms with Crippen LogP contribution in [-0.4, -0.2) is 185 Å². The molecule has 3 saturated heterocycles. The predicted molar refractivity (Wildman–Crippen MR) is 144 cm³/mol. The van der Waals surface area contributed by atoms with E-state index in [-0.39, 0.29) is 39.6 Å². The Kier molecular flexibility index (Phi) is 14.8. The first-order valence-corrected chi connectivity index (χ1v) is 14.7. The van der Waals surface area contributed by atoms with Crippen molar-refractivity contribution in [3.05, 3.63) is 0 Å². The third kappa shape index (κ3) is 9.22. The van der Waals surface area contributed by atoms with Gasteiger partial charge in [0, 0.05) is 18.9 Å². The van der Waals surface area contributed by atoms with Gasteiger partial charge in [-0.15, -0.1) is 0 Å². The van der Waals surface area contributed by atoms with Gasteiger partial charge in [0.05, 0.1) is 76.8 Å². The zero-order valence-corrected chi connectivity index (χ0v) is 24.8. The minimum absolute atomic E-state index is 0.0181. The third-order valence-electron chi connectivity index (χ3n) is 8.30. The normalized spacial score (nSPS) is 44.8. The van der Waals surface area contributed by atoms with Gasteiger partial charge in [-0.05, 0) is 13.3 Å². The van der Waals surface area contributed by atoms with Gasteiger partial charge in [0.2, 0.25) is 0 Å². The van der Waals surface area contributed by atoms with E-state index in [0.29, 0.717) is 6.42 Å². The number of ether oxygens (including phenoxy) is 7. The quantitative estimate of drug-likeness (QED) is 0.0827. The summed E-state index contributed by atoms with van der Waals surface area (Å²) in [6.07, 6.45) is -16.1. The highest BCUT2D eigenvalue weighted by Crippen LogP contribution is 2.32. The van der Waals surface area contributed by atoms with Crippen LogP contribution in [-0.2, 0) is 33.2 Å². The number of aliphatic hydroxyl groups is 9. The topological polar surface area (TPSA) is 247 Å². The predicted octanol–water partition coefficient (Wildman–Crippen LogP) is -4.52. The molecule has 0 radical (unpaired) electrons. The highest BCUT2D eigenvalue weighted by Gasteiger charge is 2.48. The van der Waals surface area contributed by atoms with Crippen LogP contribution in [0.2, 0.25) is 0 Å². The molecule has 3 rings (SSSR count). The summed E-state index contributed by atoms with van der Waals surface area (Å²) in [6, 6.07) is 0. The highest BCUT2D eigenvalue weighted by molar-refractivity contribution is 4.94. The number of hydrogen-bond acceptors (Lipinski definition) is 16. The number of methoxy groups -OCH3 is 1. The molecule has 0 spiro atoms. The average molecular weight is 631 g/mol. The molecule has 0 aromatic carbocycles. The van der Waals surface area contributed by atoms with E-state index in [0.717, 1.165) is 0 Å². The molecule has 0 saturated carbocycles. The second-order valence-electron chi connectivity index (χ2n) is 11.5. The Labute approximate surface area is 250 Å². The summed E-state index contributed by atoms with van der Waals surface area (Å²) in [4.78, 5) is 0. The SMILES string of the molecule is CCC1C(COC2OC(COCC(C)O)C(O)C(O)C2O)OC(COCC2C(CO)OC(COC)C(O)C2O)C(O)C1O. The van der Waals surface area contributed by atoms with E-state index in [2.05, 4.69) is 0 Å². The summed E-state index contributed by atoms with van der Waals surface area (Å²) in [5, 5.41) is 92.8. The van der Waals surface area contributed by atoms with E-state index < -0.39 is 104 Å². The summed E-state index contributed by atoms with van der Waals surface area (Å²) in [6.45, 7) is 2.07. The first-order valence-electron chi connectivity index (χ1n) is 14.7. The van der Waals surface area contributed by atoms with Crippen LogP contribution >= 0.6 is 0 Å². The summed E-state index contributed by atoms with van der Waals surface area (Å²) in [5.41, 5.74) is 0. The molecule has 0 aliphatic carbocycles. The highest BCUT2D eigenvalue weighted by atomic mass is 16.7. The molecular formula is C27H50O16. The standard InChI is InChI=1S/C27H50O16/c1-4-13-16(11-40-27-26(36)25(35)24(34)19(43-27)10-38-6-12(2)29)42-18(23(33)20(13)30)9-39-7-14-15(5-28)41-17(8-37-3)22(32)21(14)31/h12-36H,4-11H2,1-3H3. The molecule has 254 valence electrons. The summed E-state index contributed by atoms with van der Waals surface area (Å²) in [5.74, 6) is -1.38. The van der Waals surface area contributed by atoms with E-state index >= 15 is 0 Å². The van der Waals surface area contributed by atoms with E-state index in [1.54, 1.807) is 6.92 Å². The molecule has 3 heterocycles. The van der Waals surface area contributed by atoms with Crippen molar-refractivity contribution in [2.24, 2.45) is 11.8 Å². The van der Waals surface area contributed by atoms with E-state index in [1.807, 2.05) is 0 Å². The summed E-state index contributed by atoms with van der Waals surface area (Å²) < 4.78 is 39.1. The van der Waals surface area contributed by atoms with Crippen LogP contribution in [0.1, 0.15) is 20.3 Å². The average Bonchev–Trinajstić information content (AvgIpc) is 2.98. The van der Waals surface area contributed by atoms with Crippen LogP contribution in [0.4, 0.5) is 0 Å². The molecule has 16 unspecified atom stereocenters. The maximum atomic E-state index is 10.8. The van der Waals surface area contributed by atoms with Gasteiger partial charge < -0.3 is 79.1 Å². The first-order chi connectivity index (χ1) is 20.4. The lowest BCUT2D eigenvalue weighted by atomic mass is 9.85. The molecule has 9 N–H and O–H groups in total. The van der Waals surface area contributed by atoms with Crippen molar-refractivity contribution in [1.29, 1.82) is 0 Å². The second kappa shape index (κ2) is 17.3. The molecule has 16 heteroatoms. The lowest BCUT2D eigenvalue weighted by Crippen LogP contribution is -2.61. The molecule has 0 bridgehead atoms. The molecular weight excluding hydrogens is 580 g/mol. The molecule has 0 aromatic rings. The summed E-state index contributed by atoms with van der Waals surface area (Å²) >= 11 is 0. The molecule has 0 aromatic heterocycles. The van der Waals surface area contributed by atoms with Gasteiger partial charge >= 0.3 is 0 Å². The number of rotatable bonds is 15. The Morgan fingerprint density at radius 3 is 1.77 bits per heavy atom. The Bertz CT molecular complexity index is 790. The second-order valence-corrected chi connectivity index (χ2v) is 11.5. The zero-order chi connectivity index (χ0) is 31.8. The van der Waals surface area contributed by atoms with Crippen molar-refractivity contribution in [3.8, 4) is 0 Å². The lowest BCUT2D eigenvalue weighted by molar-refractivity contribution is -0.314. The van der Waals surface area contributed by atoms with E-state index in [9.17, 15) is 46.0 Å². The van der Waals surface area contributed by atoms with Crippen LogP contribution in [0.25, 0.3) is 0 Å². The van der Waals surface area contributed by atoms with E-state index in [4.69, 9.17) is 33.2 Å². The van der Waals surface area contributed by atoms with Gasteiger partial charge in [-0.2, -0.15) is 0 Å². The zero-order valence-electron chi connectivity index (χ0n) is 24.8. The van der Waals surface area contributed by atoms with Crippen molar-refractivity contribution in [3.63, 3.8) is 0 Å². The Balaban J connectivity index is 1.58. The van der Waals surface area contributed by atoms with Crippen LogP contribution in [0.15, 0.2) is 0 Å². The van der Waals surface area contributed by atoms with Gasteiger partial charge in [0.1, 0.15) is 48.8 Å². The van der Waals surface area contributed by atoms with Crippen LogP contribution < -0.4 is 0 Å². The van der Waals surface area contributed by atoms with Crippen molar-refractivity contribution < 1.29 is 79.1 Å². The lowest BCUT2D eigenvalue weighted by Gasteiger charge is -2.45. The fraction of sp³-hybridized carbons (Fsp3) is 1.00. The smallest absolute Gasteiger partial charge is 0.186 e. The Morgan fingerprint density at radius 1 is 0.605 bits per heavy atom. The van der Waals surface area contributed by atoms with Crippen molar-refractivity contribution in [2.75, 3.05) is 53.4 Å². The fourth-order valence-corrected chi connectivity index (χ4v) is 5.75.